The third-order valence-corrected chi connectivity index (χ3v) is 3.71. The number of benzene rings is 4. The van der Waals surface area contributed by atoms with Crippen LogP contribution in [0, 0.1) is 6.07 Å². The lowest BCUT2D eigenvalue weighted by molar-refractivity contribution is 0.100. The molecule has 0 fully saturated rings. The van der Waals surface area contributed by atoms with Crippen molar-refractivity contribution in [1.82, 2.24) is 0 Å². The van der Waals surface area contributed by atoms with Gasteiger partial charge in [-0.25, -0.2) is 0 Å². The van der Waals surface area contributed by atoms with Crippen molar-refractivity contribution in [2.24, 2.45) is 5.73 Å². The molecule has 0 aliphatic heterocycles. The highest BCUT2D eigenvalue weighted by Gasteiger charge is 2.12. The van der Waals surface area contributed by atoms with Crippen LogP contribution in [-0.2, 0) is 0 Å². The van der Waals surface area contributed by atoms with E-state index in [4.69, 9.17) is 5.73 Å². The summed E-state index contributed by atoms with van der Waals surface area (Å²) in [5.41, 5.74) is 6.04. The van der Waals surface area contributed by atoms with Crippen LogP contribution < -0.4 is 5.73 Å². The lowest BCUT2D eigenvalue weighted by atomic mass is 9.92. The first-order valence-electron chi connectivity index (χ1n) is 6.14. The number of primary amides is 1. The van der Waals surface area contributed by atoms with Gasteiger partial charge in [-0.15, -0.1) is 0 Å². The van der Waals surface area contributed by atoms with E-state index in [2.05, 4.69) is 18.2 Å². The Kier molecular flexibility index (Phi) is 1.88. The molecular weight excluding hydrogens is 234 g/mol. The second-order valence-corrected chi connectivity index (χ2v) is 4.74. The third-order valence-electron chi connectivity index (χ3n) is 3.71. The van der Waals surface area contributed by atoms with Gasteiger partial charge in [-0.05, 0) is 44.5 Å². The Bertz CT molecular complexity index is 924. The zero-order valence-corrected chi connectivity index (χ0v) is 10.1. The molecule has 0 heterocycles. The maximum absolute atomic E-state index is 11.6. The molecule has 0 aliphatic rings. The topological polar surface area (TPSA) is 43.1 Å². The van der Waals surface area contributed by atoms with Gasteiger partial charge in [0, 0.05) is 5.56 Å². The van der Waals surface area contributed by atoms with E-state index in [0.717, 1.165) is 32.3 Å². The second-order valence-electron chi connectivity index (χ2n) is 4.74. The third kappa shape index (κ3) is 1.28. The van der Waals surface area contributed by atoms with Crippen molar-refractivity contribution >= 4 is 38.2 Å². The Morgan fingerprint density at radius 2 is 1.63 bits per heavy atom. The number of carbonyl (C=O) groups excluding carboxylic acids is 1. The minimum atomic E-state index is -0.387. The molecule has 4 rings (SSSR count). The number of hydrogen-bond acceptors (Lipinski definition) is 1. The Morgan fingerprint density at radius 3 is 2.47 bits per heavy atom. The summed E-state index contributed by atoms with van der Waals surface area (Å²) in [5, 5.41) is 6.52. The number of rotatable bonds is 1. The van der Waals surface area contributed by atoms with Crippen molar-refractivity contribution in [3.63, 3.8) is 0 Å². The van der Waals surface area contributed by atoms with Crippen LogP contribution in [0.2, 0.25) is 0 Å². The molecule has 4 aromatic rings. The van der Waals surface area contributed by atoms with E-state index in [1.807, 2.05) is 30.3 Å². The fraction of sp³-hybridized carbons (Fsp3) is 0. The lowest BCUT2D eigenvalue weighted by Gasteiger charge is -2.12. The fourth-order valence-corrected chi connectivity index (χ4v) is 2.87. The molecular formula is C17H10NO. The summed E-state index contributed by atoms with van der Waals surface area (Å²) in [5.74, 6) is -0.387. The molecule has 2 nitrogen and oxygen atoms in total. The van der Waals surface area contributed by atoms with Gasteiger partial charge >= 0.3 is 0 Å². The fourth-order valence-electron chi connectivity index (χ4n) is 2.87. The van der Waals surface area contributed by atoms with Gasteiger partial charge in [-0.2, -0.15) is 0 Å². The highest BCUT2D eigenvalue weighted by Crippen LogP contribution is 2.35. The molecule has 1 amide bonds. The van der Waals surface area contributed by atoms with Crippen LogP contribution in [0.1, 0.15) is 10.4 Å². The molecule has 19 heavy (non-hydrogen) atoms. The van der Waals surface area contributed by atoms with Gasteiger partial charge in [0.25, 0.3) is 0 Å². The molecule has 0 spiro atoms. The van der Waals surface area contributed by atoms with Crippen LogP contribution in [0.3, 0.4) is 0 Å². The number of amides is 1. The summed E-state index contributed by atoms with van der Waals surface area (Å²) in [6.07, 6.45) is 0. The maximum Gasteiger partial charge on any atom is 0.249 e. The van der Waals surface area contributed by atoms with Gasteiger partial charge < -0.3 is 5.73 Å². The van der Waals surface area contributed by atoms with E-state index >= 15 is 0 Å². The predicted molar refractivity (Wildman–Crippen MR) is 77.5 cm³/mol. The van der Waals surface area contributed by atoms with Gasteiger partial charge in [0.05, 0.1) is 0 Å². The van der Waals surface area contributed by atoms with E-state index in [-0.39, 0.29) is 5.91 Å². The zero-order valence-electron chi connectivity index (χ0n) is 10.1. The van der Waals surface area contributed by atoms with Crippen molar-refractivity contribution in [2.75, 3.05) is 0 Å². The van der Waals surface area contributed by atoms with Crippen LogP contribution in [0.25, 0.3) is 32.3 Å². The largest absolute Gasteiger partial charge is 0.366 e. The van der Waals surface area contributed by atoms with E-state index in [1.54, 1.807) is 6.07 Å². The summed E-state index contributed by atoms with van der Waals surface area (Å²) < 4.78 is 0. The smallest absolute Gasteiger partial charge is 0.249 e. The Hall–Kier alpha value is -2.61. The second kappa shape index (κ2) is 3.45. The quantitative estimate of drug-likeness (QED) is 0.512. The molecule has 4 aromatic carbocycles. The molecule has 0 bridgehead atoms. The average molecular weight is 244 g/mol. The standard InChI is InChI=1S/C17H10NO/c18-17(19)14-9-7-12-5-4-10-2-1-3-11-6-8-13(14)16(12)15(10)11/h1,3-9H,(H2,18,19). The zero-order chi connectivity index (χ0) is 13.0. The molecule has 1 radical (unpaired) electrons. The SMILES string of the molecule is NC(=O)c1ccc2ccc3[c]ccc4ccc1c2c34. The first kappa shape index (κ1) is 10.3. The van der Waals surface area contributed by atoms with E-state index in [0.29, 0.717) is 5.56 Å². The van der Waals surface area contributed by atoms with Crippen LogP contribution in [-0.4, -0.2) is 5.91 Å². The monoisotopic (exact) mass is 244 g/mol. The summed E-state index contributed by atoms with van der Waals surface area (Å²) in [7, 11) is 0. The molecule has 2 N–H and O–H groups in total. The van der Waals surface area contributed by atoms with Gasteiger partial charge in [-0.3, -0.25) is 4.79 Å². The summed E-state index contributed by atoms with van der Waals surface area (Å²) in [4.78, 5) is 11.6. The minimum Gasteiger partial charge on any atom is -0.366 e. The van der Waals surface area contributed by atoms with E-state index in [9.17, 15) is 4.79 Å². The highest BCUT2D eigenvalue weighted by atomic mass is 16.1. The lowest BCUT2D eigenvalue weighted by Crippen LogP contribution is -2.11. The summed E-state index contributed by atoms with van der Waals surface area (Å²) in [6, 6.07) is 19.1. The Balaban J connectivity index is 2.38. The molecule has 0 atom stereocenters. The number of carbonyl (C=O) groups is 1. The first-order chi connectivity index (χ1) is 9.25. The van der Waals surface area contributed by atoms with Crippen molar-refractivity contribution in [1.29, 1.82) is 0 Å². The van der Waals surface area contributed by atoms with Crippen molar-refractivity contribution < 1.29 is 4.79 Å². The molecule has 89 valence electrons. The molecule has 0 aromatic heterocycles. The van der Waals surface area contributed by atoms with E-state index < -0.39 is 0 Å². The van der Waals surface area contributed by atoms with Crippen LogP contribution >= 0.6 is 0 Å². The molecule has 0 aliphatic carbocycles. The maximum atomic E-state index is 11.6. The van der Waals surface area contributed by atoms with Crippen LogP contribution in [0.5, 0.6) is 0 Å². The van der Waals surface area contributed by atoms with Gasteiger partial charge in [-0.1, -0.05) is 42.5 Å². The molecule has 0 unspecified atom stereocenters. The normalized spacial score (nSPS) is 11.6. The summed E-state index contributed by atoms with van der Waals surface area (Å²) in [6.45, 7) is 0. The van der Waals surface area contributed by atoms with Crippen molar-refractivity contribution in [2.45, 2.75) is 0 Å². The summed E-state index contributed by atoms with van der Waals surface area (Å²) >= 11 is 0. The van der Waals surface area contributed by atoms with Gasteiger partial charge in [0.15, 0.2) is 0 Å². The van der Waals surface area contributed by atoms with Gasteiger partial charge in [0.1, 0.15) is 0 Å². The highest BCUT2D eigenvalue weighted by molar-refractivity contribution is 6.26. The van der Waals surface area contributed by atoms with Crippen molar-refractivity contribution in [3.8, 4) is 0 Å². The van der Waals surface area contributed by atoms with E-state index in [1.165, 1.54) is 0 Å². The Morgan fingerprint density at radius 1 is 0.895 bits per heavy atom. The average Bonchev–Trinajstić information content (AvgIpc) is 2.44. The predicted octanol–water partition coefficient (Wildman–Crippen LogP) is 3.48. The van der Waals surface area contributed by atoms with Crippen LogP contribution in [0.4, 0.5) is 0 Å². The molecule has 0 saturated heterocycles. The first-order valence-corrected chi connectivity index (χ1v) is 6.14. The van der Waals surface area contributed by atoms with Crippen molar-refractivity contribution in [3.05, 3.63) is 60.2 Å². The number of hydrogen-bond donors (Lipinski definition) is 1. The molecule has 0 saturated carbocycles. The van der Waals surface area contributed by atoms with Crippen LogP contribution in [0.15, 0.2) is 48.5 Å². The number of nitrogens with two attached hydrogens (primary N) is 1. The Labute approximate surface area is 109 Å². The minimum absolute atomic E-state index is 0.387. The molecule has 2 heteroatoms. The van der Waals surface area contributed by atoms with Gasteiger partial charge in [0.2, 0.25) is 5.91 Å².